The molecule has 21 heavy (non-hydrogen) atoms. The van der Waals surface area contributed by atoms with E-state index >= 15 is 0 Å². The first-order valence-electron chi connectivity index (χ1n) is 7.06. The molecule has 2 N–H and O–H groups in total. The molecule has 1 heterocycles. The maximum atomic E-state index is 12.3. The third-order valence-corrected chi connectivity index (χ3v) is 5.59. The molecule has 1 aromatic carbocycles. The third-order valence-electron chi connectivity index (χ3n) is 3.51. The fraction of sp³-hybridized carbons (Fsp3) is 0.500. The highest BCUT2D eigenvalue weighted by Crippen LogP contribution is 2.14. The normalized spacial score (nSPS) is 16.9. The van der Waals surface area contributed by atoms with E-state index in [1.165, 1.54) is 4.31 Å². The fourth-order valence-corrected chi connectivity index (χ4v) is 3.90. The van der Waals surface area contributed by atoms with Crippen LogP contribution in [-0.4, -0.2) is 55.5 Å². The molecule has 0 aromatic heterocycles. The Balaban J connectivity index is 2.00. The third kappa shape index (κ3) is 3.74. The molecule has 1 aliphatic heterocycles. The lowest BCUT2D eigenvalue weighted by Gasteiger charge is -2.34. The molecule has 0 atom stereocenters. The van der Waals surface area contributed by atoms with Crippen LogP contribution in [0.25, 0.3) is 0 Å². The molecule has 0 bridgehead atoms. The minimum Gasteiger partial charge on any atom is -0.399 e. The number of rotatable bonds is 4. The van der Waals surface area contributed by atoms with Gasteiger partial charge in [-0.15, -0.1) is 0 Å². The summed E-state index contributed by atoms with van der Waals surface area (Å²) in [6, 6.07) is 6.83. The van der Waals surface area contributed by atoms with Gasteiger partial charge in [-0.3, -0.25) is 4.79 Å². The molecule has 1 aliphatic rings. The topological polar surface area (TPSA) is 83.7 Å². The van der Waals surface area contributed by atoms with Gasteiger partial charge in [-0.25, -0.2) is 8.42 Å². The van der Waals surface area contributed by atoms with Crippen molar-refractivity contribution < 1.29 is 13.2 Å². The molecule has 1 amide bonds. The summed E-state index contributed by atoms with van der Waals surface area (Å²) in [6.07, 6.45) is 0.602. The van der Waals surface area contributed by atoms with Crippen LogP contribution in [0.1, 0.15) is 23.7 Å². The van der Waals surface area contributed by atoms with Crippen molar-refractivity contribution in [3.8, 4) is 0 Å². The number of hydrogen-bond acceptors (Lipinski definition) is 4. The second-order valence-electron chi connectivity index (χ2n) is 5.13. The van der Waals surface area contributed by atoms with Crippen molar-refractivity contribution in [2.75, 3.05) is 37.7 Å². The predicted octanol–water partition coefficient (Wildman–Crippen LogP) is 0.766. The van der Waals surface area contributed by atoms with Crippen molar-refractivity contribution in [2.45, 2.75) is 13.3 Å². The zero-order valence-corrected chi connectivity index (χ0v) is 13.0. The van der Waals surface area contributed by atoms with E-state index < -0.39 is 10.0 Å². The smallest absolute Gasteiger partial charge is 0.254 e. The van der Waals surface area contributed by atoms with E-state index in [4.69, 9.17) is 5.73 Å². The lowest BCUT2D eigenvalue weighted by Crippen LogP contribution is -2.51. The maximum absolute atomic E-state index is 12.3. The van der Waals surface area contributed by atoms with Crippen molar-refractivity contribution in [2.24, 2.45) is 0 Å². The largest absolute Gasteiger partial charge is 0.399 e. The quantitative estimate of drug-likeness (QED) is 0.832. The molecule has 0 saturated carbocycles. The van der Waals surface area contributed by atoms with Gasteiger partial charge in [0.15, 0.2) is 0 Å². The van der Waals surface area contributed by atoms with Gasteiger partial charge in [-0.1, -0.05) is 13.0 Å². The van der Waals surface area contributed by atoms with Crippen molar-refractivity contribution in [1.82, 2.24) is 9.21 Å². The van der Waals surface area contributed by atoms with Gasteiger partial charge in [0.25, 0.3) is 5.91 Å². The van der Waals surface area contributed by atoms with E-state index in [9.17, 15) is 13.2 Å². The number of carbonyl (C=O) groups excluding carboxylic acids is 1. The number of hydrogen-bond donors (Lipinski definition) is 1. The summed E-state index contributed by atoms with van der Waals surface area (Å²) in [5, 5.41) is 0. The van der Waals surface area contributed by atoms with Gasteiger partial charge in [0.1, 0.15) is 0 Å². The summed E-state index contributed by atoms with van der Waals surface area (Å²) >= 11 is 0. The number of piperazine rings is 1. The highest BCUT2D eigenvalue weighted by molar-refractivity contribution is 7.89. The number of benzene rings is 1. The van der Waals surface area contributed by atoms with Crippen LogP contribution >= 0.6 is 0 Å². The molecule has 1 aromatic rings. The Bertz CT molecular complexity index is 608. The van der Waals surface area contributed by atoms with E-state index in [2.05, 4.69) is 0 Å². The molecule has 1 fully saturated rings. The van der Waals surface area contributed by atoms with Gasteiger partial charge in [0.2, 0.25) is 10.0 Å². The number of anilines is 1. The van der Waals surface area contributed by atoms with Crippen LogP contribution in [0.4, 0.5) is 5.69 Å². The number of amides is 1. The molecule has 0 spiro atoms. The summed E-state index contributed by atoms with van der Waals surface area (Å²) in [5.74, 6) is 0.0609. The highest BCUT2D eigenvalue weighted by Gasteiger charge is 2.28. The summed E-state index contributed by atoms with van der Waals surface area (Å²) in [7, 11) is -3.18. The number of carbonyl (C=O) groups is 1. The molecule has 1 saturated heterocycles. The van der Waals surface area contributed by atoms with E-state index in [-0.39, 0.29) is 11.7 Å². The molecule has 6 nitrogen and oxygen atoms in total. The first kappa shape index (κ1) is 15.8. The van der Waals surface area contributed by atoms with Crippen LogP contribution in [0, 0.1) is 0 Å². The number of nitrogens with two attached hydrogens (primary N) is 1. The first-order valence-corrected chi connectivity index (χ1v) is 8.67. The summed E-state index contributed by atoms with van der Waals surface area (Å²) in [5.41, 5.74) is 6.77. The van der Waals surface area contributed by atoms with Crippen LogP contribution < -0.4 is 5.73 Å². The number of nitrogens with zero attached hydrogens (tertiary/aromatic N) is 2. The standard InChI is InChI=1S/C14H21N3O3S/c1-2-10-21(19,20)17-8-6-16(7-9-17)14(18)12-4-3-5-13(15)11-12/h3-5,11H,2,6-10,15H2,1H3. The van der Waals surface area contributed by atoms with E-state index in [1.807, 2.05) is 6.92 Å². The Kier molecular flexibility index (Phi) is 4.84. The maximum Gasteiger partial charge on any atom is 0.254 e. The summed E-state index contributed by atoms with van der Waals surface area (Å²) in [4.78, 5) is 14.0. The van der Waals surface area contributed by atoms with Crippen molar-refractivity contribution >= 4 is 21.6 Å². The Labute approximate surface area is 125 Å². The van der Waals surface area contributed by atoms with Gasteiger partial charge < -0.3 is 10.6 Å². The zero-order chi connectivity index (χ0) is 15.5. The molecule has 116 valence electrons. The Morgan fingerprint density at radius 3 is 2.48 bits per heavy atom. The molecular formula is C14H21N3O3S. The van der Waals surface area contributed by atoms with Crippen LogP contribution in [-0.2, 0) is 10.0 Å². The van der Waals surface area contributed by atoms with Gasteiger partial charge >= 0.3 is 0 Å². The van der Waals surface area contributed by atoms with Gasteiger partial charge in [-0.2, -0.15) is 4.31 Å². The molecular weight excluding hydrogens is 290 g/mol. The molecule has 0 unspecified atom stereocenters. The lowest BCUT2D eigenvalue weighted by atomic mass is 10.1. The lowest BCUT2D eigenvalue weighted by molar-refractivity contribution is 0.0698. The molecule has 2 rings (SSSR count). The van der Waals surface area contributed by atoms with Crippen LogP contribution in [0.15, 0.2) is 24.3 Å². The predicted molar refractivity (Wildman–Crippen MR) is 82.4 cm³/mol. The second kappa shape index (κ2) is 6.44. The first-order chi connectivity index (χ1) is 9.94. The molecule has 0 aliphatic carbocycles. The minimum atomic E-state index is -3.18. The van der Waals surface area contributed by atoms with Crippen molar-refractivity contribution in [1.29, 1.82) is 0 Å². The SMILES string of the molecule is CCCS(=O)(=O)N1CCN(C(=O)c2cccc(N)c2)CC1. The van der Waals surface area contributed by atoms with Crippen LogP contribution in [0.3, 0.4) is 0 Å². The average molecular weight is 311 g/mol. The second-order valence-corrected chi connectivity index (χ2v) is 7.22. The summed E-state index contributed by atoms with van der Waals surface area (Å²) in [6.45, 7) is 3.39. The van der Waals surface area contributed by atoms with Gasteiger partial charge in [-0.05, 0) is 24.6 Å². The average Bonchev–Trinajstić information content (AvgIpc) is 2.46. The van der Waals surface area contributed by atoms with Crippen molar-refractivity contribution in [3.63, 3.8) is 0 Å². The summed E-state index contributed by atoms with van der Waals surface area (Å²) < 4.78 is 25.4. The molecule has 0 radical (unpaired) electrons. The zero-order valence-electron chi connectivity index (χ0n) is 12.2. The Hall–Kier alpha value is -1.60. The van der Waals surface area contributed by atoms with E-state index in [1.54, 1.807) is 29.2 Å². The highest BCUT2D eigenvalue weighted by atomic mass is 32.2. The van der Waals surface area contributed by atoms with Gasteiger partial charge in [0, 0.05) is 37.4 Å². The minimum absolute atomic E-state index is 0.102. The van der Waals surface area contributed by atoms with Crippen LogP contribution in [0.5, 0.6) is 0 Å². The number of sulfonamides is 1. The van der Waals surface area contributed by atoms with Gasteiger partial charge in [0.05, 0.1) is 5.75 Å². The van der Waals surface area contributed by atoms with E-state index in [0.29, 0.717) is 43.9 Å². The molecule has 7 heteroatoms. The fourth-order valence-electron chi connectivity index (χ4n) is 2.41. The van der Waals surface area contributed by atoms with Crippen molar-refractivity contribution in [3.05, 3.63) is 29.8 Å². The monoisotopic (exact) mass is 311 g/mol. The Morgan fingerprint density at radius 1 is 1.24 bits per heavy atom. The van der Waals surface area contributed by atoms with Crippen LogP contribution in [0.2, 0.25) is 0 Å². The van der Waals surface area contributed by atoms with E-state index in [0.717, 1.165) is 0 Å². The number of nitrogen functional groups attached to an aromatic ring is 1. The Morgan fingerprint density at radius 2 is 1.90 bits per heavy atom.